The van der Waals surface area contributed by atoms with Gasteiger partial charge in [-0.3, -0.25) is 4.79 Å². The summed E-state index contributed by atoms with van der Waals surface area (Å²) in [5.74, 6) is -0.227. The molecule has 0 aliphatic rings. The molecule has 0 aliphatic heterocycles. The molecule has 0 atom stereocenters. The Hall–Kier alpha value is -1.42. The van der Waals surface area contributed by atoms with Gasteiger partial charge >= 0.3 is 0 Å². The van der Waals surface area contributed by atoms with Crippen molar-refractivity contribution < 1.29 is 9.18 Å². The van der Waals surface area contributed by atoms with Gasteiger partial charge in [0.05, 0.1) is 6.54 Å². The van der Waals surface area contributed by atoms with Crippen molar-refractivity contribution in [3.8, 4) is 0 Å². The number of carbonyl (C=O) groups is 1. The van der Waals surface area contributed by atoms with Crippen molar-refractivity contribution in [1.82, 2.24) is 10.6 Å². The van der Waals surface area contributed by atoms with Crippen LogP contribution in [0.25, 0.3) is 0 Å². The molecular formula is C14H21FN2O. The minimum atomic E-state index is -0.174. The predicted octanol–water partition coefficient (Wildman–Crippen LogP) is 2.06. The van der Waals surface area contributed by atoms with Crippen molar-refractivity contribution in [1.29, 1.82) is 0 Å². The third-order valence-corrected chi connectivity index (χ3v) is 2.66. The van der Waals surface area contributed by atoms with Gasteiger partial charge in [-0.15, -0.1) is 0 Å². The van der Waals surface area contributed by atoms with Gasteiger partial charge in [0, 0.05) is 12.6 Å². The molecule has 3 nitrogen and oxygen atoms in total. The van der Waals surface area contributed by atoms with Crippen LogP contribution in [0.15, 0.2) is 12.1 Å². The van der Waals surface area contributed by atoms with Crippen molar-refractivity contribution in [3.05, 3.63) is 34.6 Å². The normalized spacial score (nSPS) is 10.8. The van der Waals surface area contributed by atoms with Gasteiger partial charge in [0.2, 0.25) is 5.91 Å². The van der Waals surface area contributed by atoms with Crippen LogP contribution >= 0.6 is 0 Å². The summed E-state index contributed by atoms with van der Waals surface area (Å²) in [4.78, 5) is 11.5. The molecule has 0 spiro atoms. The highest BCUT2D eigenvalue weighted by Crippen LogP contribution is 2.14. The molecule has 0 unspecified atom stereocenters. The second-order valence-corrected chi connectivity index (χ2v) is 4.86. The molecule has 4 heteroatoms. The minimum Gasteiger partial charge on any atom is -0.351 e. The summed E-state index contributed by atoms with van der Waals surface area (Å²) in [7, 11) is 0. The standard InChI is InChI=1S/C14H21FN2O/c1-9(2)16-8-13(18)17-7-12-5-10(3)14(15)11(4)6-12/h5-6,9,16H,7-8H2,1-4H3,(H,17,18). The van der Waals surface area contributed by atoms with Crippen LogP contribution in [0.5, 0.6) is 0 Å². The van der Waals surface area contributed by atoms with E-state index in [0.29, 0.717) is 24.2 Å². The Morgan fingerprint density at radius 3 is 2.33 bits per heavy atom. The van der Waals surface area contributed by atoms with Crippen molar-refractivity contribution >= 4 is 5.91 Å². The van der Waals surface area contributed by atoms with E-state index < -0.39 is 0 Å². The molecule has 1 amide bonds. The fourth-order valence-electron chi connectivity index (χ4n) is 1.70. The van der Waals surface area contributed by atoms with Crippen LogP contribution in [0.2, 0.25) is 0 Å². The Labute approximate surface area is 108 Å². The first kappa shape index (κ1) is 14.6. The van der Waals surface area contributed by atoms with E-state index in [1.807, 2.05) is 13.8 Å². The van der Waals surface area contributed by atoms with Gasteiger partial charge < -0.3 is 10.6 Å². The lowest BCUT2D eigenvalue weighted by atomic mass is 10.1. The summed E-state index contributed by atoms with van der Waals surface area (Å²) >= 11 is 0. The quantitative estimate of drug-likeness (QED) is 0.842. The van der Waals surface area contributed by atoms with Crippen LogP contribution in [0, 0.1) is 19.7 Å². The lowest BCUT2D eigenvalue weighted by Gasteiger charge is -2.10. The van der Waals surface area contributed by atoms with Crippen molar-refractivity contribution in [2.75, 3.05) is 6.54 Å². The summed E-state index contributed by atoms with van der Waals surface area (Å²) in [6.45, 7) is 8.17. The Kier molecular flexibility index (Phi) is 5.28. The van der Waals surface area contributed by atoms with Crippen LogP contribution in [0.1, 0.15) is 30.5 Å². The number of nitrogens with one attached hydrogen (secondary N) is 2. The van der Waals surface area contributed by atoms with E-state index in [0.717, 1.165) is 5.56 Å². The predicted molar refractivity (Wildman–Crippen MR) is 70.9 cm³/mol. The van der Waals surface area contributed by atoms with Crippen molar-refractivity contribution in [3.63, 3.8) is 0 Å². The van der Waals surface area contributed by atoms with Crippen LogP contribution in [-0.2, 0) is 11.3 Å². The maximum Gasteiger partial charge on any atom is 0.234 e. The highest BCUT2D eigenvalue weighted by Gasteiger charge is 2.06. The summed E-state index contributed by atoms with van der Waals surface area (Å²) in [5.41, 5.74) is 2.14. The summed E-state index contributed by atoms with van der Waals surface area (Å²) in [6, 6.07) is 3.81. The zero-order valence-electron chi connectivity index (χ0n) is 11.4. The van der Waals surface area contributed by atoms with Crippen LogP contribution in [0.4, 0.5) is 4.39 Å². The molecule has 100 valence electrons. The van der Waals surface area contributed by atoms with Crippen LogP contribution in [-0.4, -0.2) is 18.5 Å². The minimum absolute atomic E-state index is 0.0525. The average molecular weight is 252 g/mol. The number of aryl methyl sites for hydroxylation is 2. The van der Waals surface area contributed by atoms with E-state index in [4.69, 9.17) is 0 Å². The highest BCUT2D eigenvalue weighted by molar-refractivity contribution is 5.78. The van der Waals surface area contributed by atoms with E-state index >= 15 is 0 Å². The molecule has 0 aromatic heterocycles. The van der Waals surface area contributed by atoms with Gasteiger partial charge in [0.25, 0.3) is 0 Å². The maximum absolute atomic E-state index is 13.4. The molecule has 18 heavy (non-hydrogen) atoms. The number of hydrogen-bond acceptors (Lipinski definition) is 2. The zero-order chi connectivity index (χ0) is 13.7. The molecule has 2 N–H and O–H groups in total. The van der Waals surface area contributed by atoms with Gasteiger partial charge in [-0.1, -0.05) is 26.0 Å². The molecule has 0 aliphatic carbocycles. The summed E-state index contributed by atoms with van der Waals surface area (Å²) < 4.78 is 13.4. The molecule has 1 rings (SSSR count). The highest BCUT2D eigenvalue weighted by atomic mass is 19.1. The number of halogens is 1. The molecule has 1 aromatic carbocycles. The number of benzene rings is 1. The molecule has 0 saturated heterocycles. The van der Waals surface area contributed by atoms with Crippen molar-refractivity contribution in [2.45, 2.75) is 40.3 Å². The van der Waals surface area contributed by atoms with Gasteiger partial charge in [-0.2, -0.15) is 0 Å². The number of hydrogen-bond donors (Lipinski definition) is 2. The first-order chi connectivity index (χ1) is 8.40. The average Bonchev–Trinajstić information content (AvgIpc) is 2.30. The van der Waals surface area contributed by atoms with E-state index in [1.54, 1.807) is 26.0 Å². The Bertz CT molecular complexity index is 407. The summed E-state index contributed by atoms with van der Waals surface area (Å²) in [6.07, 6.45) is 0. The van der Waals surface area contributed by atoms with Crippen LogP contribution < -0.4 is 10.6 Å². The van der Waals surface area contributed by atoms with E-state index in [9.17, 15) is 9.18 Å². The number of carbonyl (C=O) groups excluding carboxylic acids is 1. The van der Waals surface area contributed by atoms with Gasteiger partial charge in [0.15, 0.2) is 0 Å². The maximum atomic E-state index is 13.4. The summed E-state index contributed by atoms with van der Waals surface area (Å²) in [5, 5.41) is 5.85. The second kappa shape index (κ2) is 6.50. The zero-order valence-corrected chi connectivity index (χ0v) is 11.4. The molecule has 0 saturated carbocycles. The van der Waals surface area contributed by atoms with Gasteiger partial charge in [-0.25, -0.2) is 4.39 Å². The Morgan fingerprint density at radius 1 is 1.28 bits per heavy atom. The largest absolute Gasteiger partial charge is 0.351 e. The fourth-order valence-corrected chi connectivity index (χ4v) is 1.70. The number of rotatable bonds is 5. The van der Waals surface area contributed by atoms with E-state index in [-0.39, 0.29) is 17.8 Å². The molecule has 0 heterocycles. The fraction of sp³-hybridized carbons (Fsp3) is 0.500. The molecule has 0 fully saturated rings. The Morgan fingerprint density at radius 2 is 1.83 bits per heavy atom. The molecular weight excluding hydrogens is 231 g/mol. The third-order valence-electron chi connectivity index (χ3n) is 2.66. The van der Waals surface area contributed by atoms with Crippen LogP contribution in [0.3, 0.4) is 0 Å². The third kappa shape index (κ3) is 4.45. The Balaban J connectivity index is 2.51. The molecule has 1 aromatic rings. The lowest BCUT2D eigenvalue weighted by molar-refractivity contribution is -0.120. The SMILES string of the molecule is Cc1cc(CNC(=O)CNC(C)C)cc(C)c1F. The first-order valence-corrected chi connectivity index (χ1v) is 6.16. The molecule has 0 bridgehead atoms. The van der Waals surface area contributed by atoms with E-state index in [2.05, 4.69) is 10.6 Å². The topological polar surface area (TPSA) is 41.1 Å². The first-order valence-electron chi connectivity index (χ1n) is 6.16. The second-order valence-electron chi connectivity index (χ2n) is 4.86. The monoisotopic (exact) mass is 252 g/mol. The lowest BCUT2D eigenvalue weighted by Crippen LogP contribution is -2.36. The van der Waals surface area contributed by atoms with Gasteiger partial charge in [-0.05, 0) is 30.5 Å². The number of amides is 1. The van der Waals surface area contributed by atoms with Gasteiger partial charge in [0.1, 0.15) is 5.82 Å². The van der Waals surface area contributed by atoms with E-state index in [1.165, 1.54) is 0 Å². The van der Waals surface area contributed by atoms with Crippen molar-refractivity contribution in [2.24, 2.45) is 0 Å². The smallest absolute Gasteiger partial charge is 0.234 e. The molecule has 0 radical (unpaired) electrons.